The molecular formula is C32H44O4. The maximum absolute atomic E-state index is 11.3. The van der Waals surface area contributed by atoms with Gasteiger partial charge in [0.2, 0.25) is 0 Å². The molecule has 0 spiro atoms. The van der Waals surface area contributed by atoms with Crippen molar-refractivity contribution in [1.29, 1.82) is 0 Å². The van der Waals surface area contributed by atoms with E-state index in [0.717, 1.165) is 49.2 Å². The number of carbonyl (C=O) groups is 1. The first-order chi connectivity index (χ1) is 17.3. The maximum atomic E-state index is 11.3. The van der Waals surface area contributed by atoms with Crippen LogP contribution < -0.4 is 4.74 Å². The van der Waals surface area contributed by atoms with Gasteiger partial charge >= 0.3 is 5.97 Å². The van der Waals surface area contributed by atoms with Crippen molar-refractivity contribution >= 4 is 18.1 Å². The van der Waals surface area contributed by atoms with Gasteiger partial charge in [0.1, 0.15) is 17.1 Å². The van der Waals surface area contributed by atoms with Gasteiger partial charge in [-0.1, -0.05) is 95.0 Å². The summed E-state index contributed by atoms with van der Waals surface area (Å²) >= 11 is 0. The number of ether oxygens (including phenoxy) is 2. The fourth-order valence-electron chi connectivity index (χ4n) is 3.81. The van der Waals surface area contributed by atoms with Gasteiger partial charge in [-0.15, -0.1) is 0 Å². The molecule has 0 aliphatic heterocycles. The van der Waals surface area contributed by atoms with E-state index in [0.29, 0.717) is 5.57 Å². The van der Waals surface area contributed by atoms with Crippen LogP contribution in [0.3, 0.4) is 0 Å². The van der Waals surface area contributed by atoms with Crippen molar-refractivity contribution in [1.82, 2.24) is 0 Å². The minimum absolute atomic E-state index is 0.171. The van der Waals surface area contributed by atoms with Crippen LogP contribution in [0.1, 0.15) is 83.3 Å². The van der Waals surface area contributed by atoms with E-state index in [1.807, 2.05) is 42.5 Å². The predicted molar refractivity (Wildman–Crippen MR) is 152 cm³/mol. The number of rotatable bonds is 10. The van der Waals surface area contributed by atoms with Gasteiger partial charge in [-0.2, -0.15) is 0 Å². The molecule has 2 aromatic carbocycles. The smallest absolute Gasteiger partial charge is 0.333 e. The fraction of sp³-hybridized carbons (Fsp3) is 0.406. The molecule has 1 N–H and O–H groups in total. The number of carbonyl (C=O) groups excluding carboxylic acids is 1. The highest BCUT2D eigenvalue weighted by Gasteiger charge is 2.35. The summed E-state index contributed by atoms with van der Waals surface area (Å²) < 4.78 is 11.1. The second kappa shape index (κ2) is 17.2. The van der Waals surface area contributed by atoms with Crippen LogP contribution in [0.15, 0.2) is 73.8 Å². The molecule has 1 aliphatic rings. The third kappa shape index (κ3) is 11.0. The molecule has 0 unspecified atom stereocenters. The number of phenolic OH excluding ortho intramolecular Hbond substituents is 1. The lowest BCUT2D eigenvalue weighted by atomic mass is 9.99. The quantitative estimate of drug-likeness (QED) is 0.205. The number of hydrogen-bond acceptors (Lipinski definition) is 4. The number of esters is 1. The van der Waals surface area contributed by atoms with Crippen molar-refractivity contribution < 1.29 is 19.4 Å². The molecule has 36 heavy (non-hydrogen) atoms. The standard InChI is InChI=1S/C13H18O.C11H18O2.C8H8O/c1-3-5-8-11-14-13-10-7-6-9-12(13)4-2;1-4-11(7-5-6-8-11)13-10(12)9(2)3;1-2-7-5-3-4-6-8(7)9/h4,6-7,9-10H,2-3,5,8,11H2,1H3;2,4-8H2,1,3H3;2-6,9H,1H2. The second-order valence-corrected chi connectivity index (χ2v) is 8.97. The monoisotopic (exact) mass is 492 g/mol. The van der Waals surface area contributed by atoms with Gasteiger partial charge in [0, 0.05) is 16.7 Å². The van der Waals surface area contributed by atoms with E-state index in [9.17, 15) is 4.79 Å². The fourth-order valence-corrected chi connectivity index (χ4v) is 3.81. The molecule has 1 fully saturated rings. The minimum Gasteiger partial charge on any atom is -0.507 e. The first-order valence-corrected chi connectivity index (χ1v) is 13.0. The van der Waals surface area contributed by atoms with E-state index in [1.54, 1.807) is 25.1 Å². The predicted octanol–water partition coefficient (Wildman–Crippen LogP) is 8.76. The van der Waals surface area contributed by atoms with Crippen LogP contribution in [0, 0.1) is 0 Å². The first-order valence-electron chi connectivity index (χ1n) is 13.0. The van der Waals surface area contributed by atoms with Crippen LogP contribution in [0.25, 0.3) is 12.2 Å². The summed E-state index contributed by atoms with van der Waals surface area (Å²) in [5.41, 5.74) is 2.18. The van der Waals surface area contributed by atoms with Crippen LogP contribution in [-0.2, 0) is 9.53 Å². The van der Waals surface area contributed by atoms with Gasteiger partial charge in [-0.3, -0.25) is 0 Å². The van der Waals surface area contributed by atoms with E-state index in [-0.39, 0.29) is 17.3 Å². The Labute approximate surface area is 218 Å². The average Bonchev–Trinajstić information content (AvgIpc) is 3.37. The summed E-state index contributed by atoms with van der Waals surface area (Å²) in [6, 6.07) is 15.1. The highest BCUT2D eigenvalue weighted by molar-refractivity contribution is 5.87. The molecule has 0 heterocycles. The van der Waals surface area contributed by atoms with Crippen LogP contribution >= 0.6 is 0 Å². The number of benzene rings is 2. The Morgan fingerprint density at radius 3 is 2.06 bits per heavy atom. The number of aromatic hydroxyl groups is 1. The molecule has 0 amide bonds. The second-order valence-electron chi connectivity index (χ2n) is 8.97. The zero-order chi connectivity index (χ0) is 26.8. The van der Waals surface area contributed by atoms with Crippen LogP contribution in [0.2, 0.25) is 0 Å². The number of para-hydroxylation sites is 2. The Morgan fingerprint density at radius 1 is 0.972 bits per heavy atom. The molecule has 0 atom stereocenters. The highest BCUT2D eigenvalue weighted by atomic mass is 16.6. The van der Waals surface area contributed by atoms with Crippen LogP contribution in [0.4, 0.5) is 0 Å². The topological polar surface area (TPSA) is 55.8 Å². The Hall–Kier alpha value is -3.27. The van der Waals surface area contributed by atoms with E-state index in [4.69, 9.17) is 14.6 Å². The Kier molecular flexibility index (Phi) is 14.7. The summed E-state index contributed by atoms with van der Waals surface area (Å²) in [6.45, 7) is 17.6. The number of hydrogen-bond donors (Lipinski definition) is 1. The summed E-state index contributed by atoms with van der Waals surface area (Å²) in [5.74, 6) is 0.995. The molecule has 0 radical (unpaired) electrons. The van der Waals surface area contributed by atoms with E-state index >= 15 is 0 Å². The summed E-state index contributed by atoms with van der Waals surface area (Å²) in [5, 5.41) is 9.04. The third-order valence-corrected chi connectivity index (χ3v) is 6.12. The number of unbranched alkanes of at least 4 members (excludes halogenated alkanes) is 2. The van der Waals surface area contributed by atoms with Gasteiger partial charge in [-0.05, 0) is 57.6 Å². The zero-order valence-corrected chi connectivity index (χ0v) is 22.4. The van der Waals surface area contributed by atoms with Crippen molar-refractivity contribution in [2.75, 3.05) is 6.61 Å². The van der Waals surface area contributed by atoms with E-state index < -0.39 is 0 Å². The van der Waals surface area contributed by atoms with Gasteiger partial charge in [0.25, 0.3) is 0 Å². The SMILES string of the molecule is C=C(C)C(=O)OC1(CC)CCCC1.C=Cc1ccccc1O.C=Cc1ccccc1OCCCCC. The van der Waals surface area contributed by atoms with Crippen molar-refractivity contribution in [2.45, 2.75) is 77.7 Å². The molecule has 1 saturated carbocycles. The molecule has 4 heteroatoms. The van der Waals surface area contributed by atoms with Gasteiger partial charge in [0.05, 0.1) is 6.61 Å². The van der Waals surface area contributed by atoms with Crippen molar-refractivity contribution in [2.24, 2.45) is 0 Å². The van der Waals surface area contributed by atoms with Gasteiger partial charge < -0.3 is 14.6 Å². The minimum atomic E-state index is -0.233. The summed E-state index contributed by atoms with van der Waals surface area (Å²) in [4.78, 5) is 11.3. The zero-order valence-electron chi connectivity index (χ0n) is 22.4. The normalized spacial score (nSPS) is 13.2. The van der Waals surface area contributed by atoms with Crippen molar-refractivity contribution in [3.63, 3.8) is 0 Å². The molecule has 0 aromatic heterocycles. The van der Waals surface area contributed by atoms with Crippen LogP contribution in [-0.4, -0.2) is 23.3 Å². The molecule has 2 aromatic rings. The van der Waals surface area contributed by atoms with Crippen LogP contribution in [0.5, 0.6) is 11.5 Å². The van der Waals surface area contributed by atoms with Gasteiger partial charge in [0.15, 0.2) is 0 Å². The van der Waals surface area contributed by atoms with Crippen molar-refractivity contribution in [3.05, 3.63) is 85.0 Å². The number of phenols is 1. The van der Waals surface area contributed by atoms with Gasteiger partial charge in [-0.25, -0.2) is 4.79 Å². The average molecular weight is 493 g/mol. The summed E-state index contributed by atoms with van der Waals surface area (Å²) in [7, 11) is 0. The van der Waals surface area contributed by atoms with Crippen molar-refractivity contribution in [3.8, 4) is 11.5 Å². The Balaban J connectivity index is 0.000000276. The molecule has 3 rings (SSSR count). The Bertz CT molecular complexity index is 954. The Morgan fingerprint density at radius 2 is 1.56 bits per heavy atom. The molecule has 0 bridgehead atoms. The van der Waals surface area contributed by atoms with E-state index in [1.165, 1.54) is 25.7 Å². The lowest BCUT2D eigenvalue weighted by Gasteiger charge is -2.27. The molecule has 1 aliphatic carbocycles. The lowest BCUT2D eigenvalue weighted by molar-refractivity contribution is -0.154. The van der Waals surface area contributed by atoms with E-state index in [2.05, 4.69) is 33.6 Å². The maximum Gasteiger partial charge on any atom is 0.333 e. The largest absolute Gasteiger partial charge is 0.507 e. The summed E-state index contributed by atoms with van der Waals surface area (Å²) in [6.07, 6.45) is 12.3. The third-order valence-electron chi connectivity index (χ3n) is 6.12. The molecule has 4 nitrogen and oxygen atoms in total. The highest BCUT2D eigenvalue weighted by Crippen LogP contribution is 2.36. The first kappa shape index (κ1) is 30.8. The molecule has 196 valence electrons. The molecule has 0 saturated heterocycles. The molecular weight excluding hydrogens is 448 g/mol. The lowest BCUT2D eigenvalue weighted by Crippen LogP contribution is -2.31.